The van der Waals surface area contributed by atoms with E-state index in [1.807, 2.05) is 43.3 Å². The minimum Gasteiger partial charge on any atom is -0.455 e. The first kappa shape index (κ1) is 13.3. The number of halogens is 1. The molecule has 0 fully saturated rings. The van der Waals surface area contributed by atoms with E-state index in [4.69, 9.17) is 10.5 Å². The summed E-state index contributed by atoms with van der Waals surface area (Å²) in [7, 11) is 0. The number of ether oxygens (including phenoxy) is 1. The molecule has 18 heavy (non-hydrogen) atoms. The molecule has 1 heterocycles. The Morgan fingerprint density at radius 1 is 1.28 bits per heavy atom. The maximum Gasteiger partial charge on any atom is 0.145 e. The molecule has 1 aromatic carbocycles. The lowest BCUT2D eigenvalue weighted by molar-refractivity contribution is 0.475. The molecule has 0 aliphatic heterocycles. The largest absolute Gasteiger partial charge is 0.455 e. The normalized spacial score (nSPS) is 12.2. The predicted octanol–water partition coefficient (Wildman–Crippen LogP) is 3.89. The number of hydrogen-bond acceptors (Lipinski definition) is 3. The number of benzene rings is 1. The molecule has 2 N–H and O–H groups in total. The fraction of sp³-hybridized carbons (Fsp3) is 0.214. The quantitative estimate of drug-likeness (QED) is 0.848. The zero-order valence-corrected chi connectivity index (χ0v) is 12.3. The Kier molecular flexibility index (Phi) is 4.54. The molecule has 2 rings (SSSR count). The number of nitrogens with two attached hydrogens (primary N) is 1. The van der Waals surface area contributed by atoms with Gasteiger partial charge in [0.25, 0.3) is 0 Å². The van der Waals surface area contributed by atoms with Crippen LogP contribution in [0.5, 0.6) is 11.5 Å². The Bertz CT molecular complexity index is 513. The topological polar surface area (TPSA) is 48.1 Å². The van der Waals surface area contributed by atoms with E-state index in [1.54, 1.807) is 6.20 Å². The molecule has 0 aliphatic rings. The van der Waals surface area contributed by atoms with Gasteiger partial charge in [0, 0.05) is 6.04 Å². The van der Waals surface area contributed by atoms with Crippen molar-refractivity contribution in [3.8, 4) is 11.5 Å². The Hall–Kier alpha value is -1.14. The van der Waals surface area contributed by atoms with Crippen LogP contribution < -0.4 is 10.5 Å². The molecule has 0 radical (unpaired) electrons. The minimum absolute atomic E-state index is 0.00379. The molecule has 0 saturated heterocycles. The molecule has 1 atom stereocenters. The lowest BCUT2D eigenvalue weighted by Crippen LogP contribution is -2.10. The maximum atomic E-state index is 5.92. The summed E-state index contributed by atoms with van der Waals surface area (Å²) in [6.07, 6.45) is 2.59. The van der Waals surface area contributed by atoms with Crippen molar-refractivity contribution in [1.82, 2.24) is 4.98 Å². The Morgan fingerprint density at radius 2 is 2.06 bits per heavy atom. The van der Waals surface area contributed by atoms with Gasteiger partial charge in [-0.3, -0.25) is 4.98 Å². The zero-order chi connectivity index (χ0) is 13.0. The smallest absolute Gasteiger partial charge is 0.145 e. The Labute approximate surface area is 121 Å². The second kappa shape index (κ2) is 6.15. The van der Waals surface area contributed by atoms with Gasteiger partial charge in [-0.2, -0.15) is 0 Å². The molecule has 3 nitrogen and oxygen atoms in total. The number of pyridine rings is 1. The van der Waals surface area contributed by atoms with Crippen LogP contribution in [0.4, 0.5) is 0 Å². The minimum atomic E-state index is -0.00379. The SMILES string of the molecule is CC[C@@H](N)c1ccc(Oc2ccccc2I)cn1. The first-order valence-corrected chi connectivity index (χ1v) is 6.92. The molecule has 0 aliphatic carbocycles. The Morgan fingerprint density at radius 3 is 2.67 bits per heavy atom. The lowest BCUT2D eigenvalue weighted by Gasteiger charge is -2.10. The van der Waals surface area contributed by atoms with Crippen molar-refractivity contribution in [2.75, 3.05) is 0 Å². The first-order valence-electron chi connectivity index (χ1n) is 5.84. The summed E-state index contributed by atoms with van der Waals surface area (Å²) in [5.74, 6) is 1.57. The van der Waals surface area contributed by atoms with E-state index in [0.717, 1.165) is 27.2 Å². The summed E-state index contributed by atoms with van der Waals surface area (Å²) in [6, 6.07) is 11.7. The van der Waals surface area contributed by atoms with Crippen LogP contribution >= 0.6 is 22.6 Å². The third-order valence-corrected chi connectivity index (χ3v) is 3.53. The summed E-state index contributed by atoms with van der Waals surface area (Å²) in [5.41, 5.74) is 6.81. The van der Waals surface area contributed by atoms with Gasteiger partial charge in [-0.25, -0.2) is 0 Å². The number of aromatic nitrogens is 1. The van der Waals surface area contributed by atoms with Gasteiger partial charge in [-0.1, -0.05) is 19.1 Å². The van der Waals surface area contributed by atoms with Crippen molar-refractivity contribution in [2.45, 2.75) is 19.4 Å². The van der Waals surface area contributed by atoms with Crippen molar-refractivity contribution < 1.29 is 4.74 Å². The van der Waals surface area contributed by atoms with Crippen molar-refractivity contribution in [3.05, 3.63) is 51.9 Å². The summed E-state index contributed by atoms with van der Waals surface area (Å²) in [4.78, 5) is 4.32. The third-order valence-electron chi connectivity index (χ3n) is 2.64. The van der Waals surface area contributed by atoms with Crippen LogP contribution in [0.25, 0.3) is 0 Å². The first-order chi connectivity index (χ1) is 8.70. The molecule has 94 valence electrons. The summed E-state index contributed by atoms with van der Waals surface area (Å²) in [5, 5.41) is 0. The molecule has 0 spiro atoms. The highest BCUT2D eigenvalue weighted by Crippen LogP contribution is 2.26. The van der Waals surface area contributed by atoms with Crippen LogP contribution in [0.3, 0.4) is 0 Å². The van der Waals surface area contributed by atoms with Crippen molar-refractivity contribution in [1.29, 1.82) is 0 Å². The van der Waals surface area contributed by atoms with Gasteiger partial charge < -0.3 is 10.5 Å². The van der Waals surface area contributed by atoms with Gasteiger partial charge in [-0.15, -0.1) is 0 Å². The maximum absolute atomic E-state index is 5.92. The number of nitrogens with zero attached hydrogens (tertiary/aromatic N) is 1. The summed E-state index contributed by atoms with van der Waals surface area (Å²) in [6.45, 7) is 2.04. The lowest BCUT2D eigenvalue weighted by atomic mass is 10.1. The van der Waals surface area contributed by atoms with Gasteiger partial charge in [0.05, 0.1) is 15.5 Å². The average molecular weight is 354 g/mol. The third kappa shape index (κ3) is 3.20. The molecule has 4 heteroatoms. The standard InChI is InChI=1S/C14H15IN2O/c1-2-12(16)13-8-7-10(9-17-13)18-14-6-4-3-5-11(14)15/h3-9,12H,2,16H2,1H3/t12-/m1/s1. The fourth-order valence-electron chi connectivity index (χ4n) is 1.54. The zero-order valence-electron chi connectivity index (χ0n) is 10.1. The molecule has 0 saturated carbocycles. The van der Waals surface area contributed by atoms with E-state index in [-0.39, 0.29) is 6.04 Å². The predicted molar refractivity (Wildman–Crippen MR) is 80.7 cm³/mol. The van der Waals surface area contributed by atoms with Crippen LogP contribution in [0.15, 0.2) is 42.6 Å². The molecule has 1 aromatic heterocycles. The molecule has 2 aromatic rings. The van der Waals surface area contributed by atoms with E-state index in [1.165, 1.54) is 0 Å². The van der Waals surface area contributed by atoms with Gasteiger partial charge in [0.1, 0.15) is 11.5 Å². The molecular weight excluding hydrogens is 339 g/mol. The molecule has 0 amide bonds. The second-order valence-electron chi connectivity index (χ2n) is 3.97. The van der Waals surface area contributed by atoms with Gasteiger partial charge >= 0.3 is 0 Å². The van der Waals surface area contributed by atoms with Crippen molar-refractivity contribution in [2.24, 2.45) is 5.73 Å². The fourth-order valence-corrected chi connectivity index (χ4v) is 2.03. The van der Waals surface area contributed by atoms with Gasteiger partial charge in [0.15, 0.2) is 0 Å². The Balaban J connectivity index is 2.14. The molecule has 0 bridgehead atoms. The second-order valence-corrected chi connectivity index (χ2v) is 5.13. The average Bonchev–Trinajstić information content (AvgIpc) is 2.41. The highest BCUT2D eigenvalue weighted by atomic mass is 127. The van der Waals surface area contributed by atoms with Crippen LogP contribution in [0, 0.1) is 3.57 Å². The highest BCUT2D eigenvalue weighted by Gasteiger charge is 2.06. The van der Waals surface area contributed by atoms with E-state index in [9.17, 15) is 0 Å². The van der Waals surface area contributed by atoms with E-state index in [0.29, 0.717) is 0 Å². The van der Waals surface area contributed by atoms with E-state index in [2.05, 4.69) is 27.6 Å². The monoisotopic (exact) mass is 354 g/mol. The summed E-state index contributed by atoms with van der Waals surface area (Å²) >= 11 is 2.25. The van der Waals surface area contributed by atoms with Crippen LogP contribution in [-0.2, 0) is 0 Å². The van der Waals surface area contributed by atoms with Crippen LogP contribution in [0.2, 0.25) is 0 Å². The van der Waals surface area contributed by atoms with E-state index >= 15 is 0 Å². The van der Waals surface area contributed by atoms with E-state index < -0.39 is 0 Å². The van der Waals surface area contributed by atoms with Crippen LogP contribution in [0.1, 0.15) is 25.1 Å². The van der Waals surface area contributed by atoms with Crippen LogP contribution in [-0.4, -0.2) is 4.98 Å². The highest BCUT2D eigenvalue weighted by molar-refractivity contribution is 14.1. The number of rotatable bonds is 4. The molecule has 0 unspecified atom stereocenters. The van der Waals surface area contributed by atoms with Gasteiger partial charge in [0.2, 0.25) is 0 Å². The molecular formula is C14H15IN2O. The van der Waals surface area contributed by atoms with Gasteiger partial charge in [-0.05, 0) is 53.3 Å². The van der Waals surface area contributed by atoms with Crippen molar-refractivity contribution in [3.63, 3.8) is 0 Å². The number of para-hydroxylation sites is 1. The number of hydrogen-bond donors (Lipinski definition) is 1. The van der Waals surface area contributed by atoms with Crippen molar-refractivity contribution >= 4 is 22.6 Å². The summed E-state index contributed by atoms with van der Waals surface area (Å²) < 4.78 is 6.84.